The summed E-state index contributed by atoms with van der Waals surface area (Å²) in [6, 6.07) is 0. The zero-order valence-electron chi connectivity index (χ0n) is 21.8. The van der Waals surface area contributed by atoms with Crippen LogP contribution in [0, 0.1) is 0 Å². The second-order valence-corrected chi connectivity index (χ2v) is 8.44. The molecular weight excluding hydrogens is 440 g/mol. The summed E-state index contributed by atoms with van der Waals surface area (Å²) in [5, 5.41) is 0. The van der Waals surface area contributed by atoms with Crippen LogP contribution in [0.4, 0.5) is 0 Å². The first-order valence-corrected chi connectivity index (χ1v) is 13.0. The Morgan fingerprint density at radius 3 is 1.35 bits per heavy atom. The molecule has 0 fully saturated rings. The second-order valence-electron chi connectivity index (χ2n) is 8.44. The minimum absolute atomic E-state index is 0.00237. The summed E-state index contributed by atoms with van der Waals surface area (Å²) in [6.45, 7) is 7.22. The van der Waals surface area contributed by atoms with E-state index < -0.39 is 42.3 Å². The summed E-state index contributed by atoms with van der Waals surface area (Å²) in [5.74, 6) is -3.13. The summed E-state index contributed by atoms with van der Waals surface area (Å²) in [4.78, 5) is 49.6. The van der Waals surface area contributed by atoms with Crippen molar-refractivity contribution in [2.75, 3.05) is 19.8 Å². The van der Waals surface area contributed by atoms with Crippen LogP contribution in [-0.4, -0.2) is 49.3 Å². The lowest BCUT2D eigenvalue weighted by atomic mass is 9.94. The lowest BCUT2D eigenvalue weighted by Crippen LogP contribution is -2.48. The maximum atomic E-state index is 12.7. The molecule has 0 unspecified atom stereocenters. The Morgan fingerprint density at radius 2 is 0.941 bits per heavy atom. The predicted octanol–water partition coefficient (Wildman–Crippen LogP) is 5.44. The van der Waals surface area contributed by atoms with Gasteiger partial charge in [-0.1, -0.05) is 71.1 Å². The minimum Gasteiger partial charge on any atom is -0.466 e. The van der Waals surface area contributed by atoms with Gasteiger partial charge in [0.15, 0.2) is 0 Å². The molecular formula is C26H46O8. The van der Waals surface area contributed by atoms with Gasteiger partial charge < -0.3 is 18.9 Å². The topological polar surface area (TPSA) is 105 Å². The zero-order valence-corrected chi connectivity index (χ0v) is 21.8. The van der Waals surface area contributed by atoms with Crippen LogP contribution < -0.4 is 0 Å². The molecule has 0 aliphatic rings. The Morgan fingerprint density at radius 1 is 0.529 bits per heavy atom. The van der Waals surface area contributed by atoms with Gasteiger partial charge in [-0.25, -0.2) is 4.79 Å². The smallest absolute Gasteiger partial charge is 0.351 e. The summed E-state index contributed by atoms with van der Waals surface area (Å²) in [6.07, 6.45) is 11.4. The van der Waals surface area contributed by atoms with Gasteiger partial charge >= 0.3 is 23.9 Å². The molecule has 8 heteroatoms. The fourth-order valence-corrected chi connectivity index (χ4v) is 3.68. The molecule has 0 saturated heterocycles. The third kappa shape index (κ3) is 14.9. The Hall–Kier alpha value is -2.12. The van der Waals surface area contributed by atoms with Gasteiger partial charge in [0.05, 0.1) is 32.7 Å². The largest absolute Gasteiger partial charge is 0.466 e. The number of carbonyl (C=O) groups excluding carboxylic acids is 4. The first kappa shape index (κ1) is 31.9. The van der Waals surface area contributed by atoms with E-state index in [1.54, 1.807) is 20.8 Å². The summed E-state index contributed by atoms with van der Waals surface area (Å²) >= 11 is 0. The van der Waals surface area contributed by atoms with Crippen LogP contribution in [0.5, 0.6) is 0 Å². The number of hydrogen-bond donors (Lipinski definition) is 0. The highest BCUT2D eigenvalue weighted by molar-refractivity contribution is 5.92. The fraction of sp³-hybridized carbons (Fsp3) is 0.846. The van der Waals surface area contributed by atoms with E-state index in [1.165, 1.54) is 44.9 Å². The van der Waals surface area contributed by atoms with Gasteiger partial charge in [-0.15, -0.1) is 0 Å². The monoisotopic (exact) mass is 486 g/mol. The maximum Gasteiger partial charge on any atom is 0.351 e. The van der Waals surface area contributed by atoms with Crippen molar-refractivity contribution in [2.45, 2.75) is 123 Å². The van der Waals surface area contributed by atoms with E-state index in [9.17, 15) is 19.2 Å². The first-order chi connectivity index (χ1) is 16.3. The molecule has 0 saturated carbocycles. The molecule has 0 aliphatic heterocycles. The van der Waals surface area contributed by atoms with Crippen molar-refractivity contribution in [3.05, 3.63) is 0 Å². The summed E-state index contributed by atoms with van der Waals surface area (Å²) < 4.78 is 20.4. The maximum absolute atomic E-state index is 12.7. The molecule has 0 N–H and O–H groups in total. The number of hydrogen-bond acceptors (Lipinski definition) is 8. The van der Waals surface area contributed by atoms with Crippen LogP contribution in [0.2, 0.25) is 0 Å². The van der Waals surface area contributed by atoms with Crippen molar-refractivity contribution in [1.82, 2.24) is 0 Å². The highest BCUT2D eigenvalue weighted by atomic mass is 16.6. The molecule has 0 atom stereocenters. The summed E-state index contributed by atoms with van der Waals surface area (Å²) in [7, 11) is 0. The van der Waals surface area contributed by atoms with Crippen LogP contribution in [0.3, 0.4) is 0 Å². The Kier molecular flexibility index (Phi) is 19.0. The van der Waals surface area contributed by atoms with Gasteiger partial charge in [0.2, 0.25) is 5.60 Å². The number of carbonyl (C=O) groups is 4. The quantitative estimate of drug-likeness (QED) is 0.120. The lowest BCUT2D eigenvalue weighted by Gasteiger charge is -2.29. The standard InChI is InChI=1S/C26H46O8/c1-5-9-10-11-12-13-14-15-16-17-18-19-22(27)34-26(25(30)33-8-4,20-23(28)31-6-2)21-24(29)32-7-3/h5-21H2,1-4H3. The predicted molar refractivity (Wildman–Crippen MR) is 129 cm³/mol. The average Bonchev–Trinajstić information content (AvgIpc) is 2.77. The molecule has 0 amide bonds. The van der Waals surface area contributed by atoms with E-state index in [1.807, 2.05) is 0 Å². The van der Waals surface area contributed by atoms with Gasteiger partial charge in [0, 0.05) is 6.42 Å². The molecule has 0 bridgehead atoms. The van der Waals surface area contributed by atoms with E-state index in [0.29, 0.717) is 6.42 Å². The SMILES string of the molecule is CCCCCCCCCCCCCC(=O)OC(CC(=O)OCC)(CC(=O)OCC)C(=O)OCC. The first-order valence-electron chi connectivity index (χ1n) is 13.0. The highest BCUT2D eigenvalue weighted by Gasteiger charge is 2.49. The van der Waals surface area contributed by atoms with Gasteiger partial charge in [0.25, 0.3) is 0 Å². The molecule has 0 radical (unpaired) electrons. The van der Waals surface area contributed by atoms with Crippen molar-refractivity contribution in [3.8, 4) is 0 Å². The van der Waals surface area contributed by atoms with Crippen molar-refractivity contribution in [2.24, 2.45) is 0 Å². The minimum atomic E-state index is -2.09. The van der Waals surface area contributed by atoms with Crippen LogP contribution in [0.25, 0.3) is 0 Å². The summed E-state index contributed by atoms with van der Waals surface area (Å²) in [5.41, 5.74) is -2.09. The van der Waals surface area contributed by atoms with Gasteiger partial charge in [0.1, 0.15) is 0 Å². The van der Waals surface area contributed by atoms with Crippen LogP contribution in [-0.2, 0) is 38.1 Å². The van der Waals surface area contributed by atoms with Gasteiger partial charge in [-0.05, 0) is 27.2 Å². The van der Waals surface area contributed by atoms with Crippen molar-refractivity contribution < 1.29 is 38.1 Å². The van der Waals surface area contributed by atoms with E-state index in [-0.39, 0.29) is 26.2 Å². The Labute approximate surface area is 205 Å². The molecule has 0 rings (SSSR count). The second kappa shape index (κ2) is 20.3. The number of rotatable bonds is 21. The van der Waals surface area contributed by atoms with E-state index in [0.717, 1.165) is 19.3 Å². The zero-order chi connectivity index (χ0) is 25.7. The molecule has 0 aliphatic carbocycles. The molecule has 0 heterocycles. The van der Waals surface area contributed by atoms with Crippen LogP contribution >= 0.6 is 0 Å². The third-order valence-corrected chi connectivity index (χ3v) is 5.41. The fourth-order valence-electron chi connectivity index (χ4n) is 3.68. The van der Waals surface area contributed by atoms with Gasteiger partial charge in [-0.2, -0.15) is 0 Å². The normalized spacial score (nSPS) is 11.1. The Bertz CT molecular complexity index is 567. The average molecular weight is 487 g/mol. The lowest BCUT2D eigenvalue weighted by molar-refractivity contribution is -0.191. The van der Waals surface area contributed by atoms with E-state index in [4.69, 9.17) is 18.9 Å². The van der Waals surface area contributed by atoms with Crippen molar-refractivity contribution in [1.29, 1.82) is 0 Å². The highest BCUT2D eigenvalue weighted by Crippen LogP contribution is 2.26. The molecule has 0 aromatic carbocycles. The van der Waals surface area contributed by atoms with Gasteiger partial charge in [-0.3, -0.25) is 14.4 Å². The number of ether oxygens (including phenoxy) is 4. The molecule has 34 heavy (non-hydrogen) atoms. The van der Waals surface area contributed by atoms with E-state index >= 15 is 0 Å². The third-order valence-electron chi connectivity index (χ3n) is 5.41. The van der Waals surface area contributed by atoms with Crippen LogP contribution in [0.1, 0.15) is 118 Å². The molecule has 0 spiro atoms. The molecule has 198 valence electrons. The number of esters is 4. The molecule has 0 aromatic rings. The van der Waals surface area contributed by atoms with Crippen molar-refractivity contribution in [3.63, 3.8) is 0 Å². The van der Waals surface area contributed by atoms with Crippen LogP contribution in [0.15, 0.2) is 0 Å². The molecule has 0 aromatic heterocycles. The Balaban J connectivity index is 4.77. The van der Waals surface area contributed by atoms with E-state index in [2.05, 4.69) is 6.92 Å². The molecule has 8 nitrogen and oxygen atoms in total. The van der Waals surface area contributed by atoms with Crippen molar-refractivity contribution >= 4 is 23.9 Å². The number of unbranched alkanes of at least 4 members (excludes halogenated alkanes) is 10.